The molecule has 1 aromatic heterocycles. The number of aryl methyl sites for hydroxylation is 2. The Hall–Kier alpha value is -3.06. The summed E-state index contributed by atoms with van der Waals surface area (Å²) in [6, 6.07) is 13.6. The molecule has 0 bridgehead atoms. The van der Waals surface area contributed by atoms with Crippen LogP contribution in [0.5, 0.6) is 0 Å². The van der Waals surface area contributed by atoms with E-state index >= 15 is 0 Å². The third-order valence-corrected chi connectivity index (χ3v) is 5.07. The van der Waals surface area contributed by atoms with E-state index in [1.54, 1.807) is 30.3 Å². The van der Waals surface area contributed by atoms with Gasteiger partial charge in [0.1, 0.15) is 5.82 Å². The molecule has 10 nitrogen and oxygen atoms in total. The van der Waals surface area contributed by atoms with E-state index < -0.39 is 20.2 Å². The van der Waals surface area contributed by atoms with Gasteiger partial charge in [0.2, 0.25) is 5.95 Å². The van der Waals surface area contributed by atoms with Gasteiger partial charge in [-0.15, -0.1) is 0 Å². The Labute approximate surface area is 175 Å². The summed E-state index contributed by atoms with van der Waals surface area (Å²) in [5, 5.41) is 0. The van der Waals surface area contributed by atoms with Crippen LogP contribution in [0.4, 0.5) is 11.8 Å². The van der Waals surface area contributed by atoms with Crippen molar-refractivity contribution >= 4 is 32.0 Å². The number of anilines is 2. The van der Waals surface area contributed by atoms with Gasteiger partial charge in [-0.2, -0.15) is 21.8 Å². The van der Waals surface area contributed by atoms with Crippen molar-refractivity contribution in [2.24, 2.45) is 0 Å². The molecule has 0 radical (unpaired) electrons. The van der Waals surface area contributed by atoms with Crippen LogP contribution in [0.3, 0.4) is 0 Å². The lowest BCUT2D eigenvalue weighted by molar-refractivity contribution is 0.481. The first-order valence-corrected chi connectivity index (χ1v) is 11.1. The van der Waals surface area contributed by atoms with Crippen molar-refractivity contribution in [3.8, 4) is 0 Å². The Morgan fingerprint density at radius 3 is 1.30 bits per heavy atom. The molecular formula is C18H22N4O6S2. The molecule has 0 fully saturated rings. The van der Waals surface area contributed by atoms with Crippen LogP contribution in [-0.4, -0.2) is 35.9 Å². The van der Waals surface area contributed by atoms with Gasteiger partial charge in [0.25, 0.3) is 20.2 Å². The van der Waals surface area contributed by atoms with Crippen LogP contribution >= 0.6 is 0 Å². The quantitative estimate of drug-likeness (QED) is 0.418. The molecule has 0 atom stereocenters. The Morgan fingerprint density at radius 2 is 1.07 bits per heavy atom. The van der Waals surface area contributed by atoms with E-state index in [9.17, 15) is 16.8 Å². The smallest absolute Gasteiger partial charge is 0.294 e. The van der Waals surface area contributed by atoms with Gasteiger partial charge in [-0.3, -0.25) is 9.11 Å². The fourth-order valence-corrected chi connectivity index (χ4v) is 2.77. The second kappa shape index (κ2) is 10.6. The molecule has 0 unspecified atom stereocenters. The maximum Gasteiger partial charge on any atom is 0.294 e. The second-order valence-electron chi connectivity index (χ2n) is 5.92. The van der Waals surface area contributed by atoms with Gasteiger partial charge in [0.05, 0.1) is 9.79 Å². The zero-order chi connectivity index (χ0) is 22.9. The number of nitrogens with two attached hydrogens (primary N) is 2. The molecule has 0 aliphatic carbocycles. The van der Waals surface area contributed by atoms with E-state index in [1.165, 1.54) is 30.5 Å². The minimum atomic E-state index is -4.02. The molecule has 0 amide bonds. The van der Waals surface area contributed by atoms with Crippen molar-refractivity contribution in [2.75, 3.05) is 11.5 Å². The average Bonchev–Trinajstić information content (AvgIpc) is 2.62. The number of aromatic nitrogens is 2. The summed E-state index contributed by atoms with van der Waals surface area (Å²) in [6.45, 7) is 3.68. The highest BCUT2D eigenvalue weighted by Gasteiger charge is 2.07. The van der Waals surface area contributed by atoms with Crippen molar-refractivity contribution in [1.82, 2.24) is 9.97 Å². The lowest BCUT2D eigenvalue weighted by Crippen LogP contribution is -1.96. The van der Waals surface area contributed by atoms with Crippen molar-refractivity contribution < 1.29 is 25.9 Å². The first kappa shape index (κ1) is 25.0. The average molecular weight is 455 g/mol. The highest BCUT2D eigenvalue weighted by molar-refractivity contribution is 7.86. The number of rotatable bonds is 2. The van der Waals surface area contributed by atoms with Crippen molar-refractivity contribution in [3.63, 3.8) is 0 Å². The maximum atomic E-state index is 10.5. The van der Waals surface area contributed by atoms with E-state index in [1.807, 2.05) is 13.8 Å². The number of hydrogen-bond donors (Lipinski definition) is 4. The largest absolute Gasteiger partial charge is 0.384 e. The highest BCUT2D eigenvalue weighted by Crippen LogP contribution is 2.09. The lowest BCUT2D eigenvalue weighted by Gasteiger charge is -1.95. The van der Waals surface area contributed by atoms with Gasteiger partial charge in [0, 0.05) is 6.20 Å². The Bertz CT molecular complexity index is 1070. The zero-order valence-electron chi connectivity index (χ0n) is 16.2. The van der Waals surface area contributed by atoms with Crippen LogP contribution < -0.4 is 11.5 Å². The van der Waals surface area contributed by atoms with Crippen LogP contribution in [0.2, 0.25) is 0 Å². The molecule has 0 saturated carbocycles. The summed E-state index contributed by atoms with van der Waals surface area (Å²) >= 11 is 0. The van der Waals surface area contributed by atoms with E-state index in [0.29, 0.717) is 5.82 Å². The van der Waals surface area contributed by atoms with Gasteiger partial charge in [-0.25, -0.2) is 4.98 Å². The predicted molar refractivity (Wildman–Crippen MR) is 113 cm³/mol. The van der Waals surface area contributed by atoms with E-state index in [4.69, 9.17) is 20.6 Å². The van der Waals surface area contributed by atoms with E-state index in [0.717, 1.165) is 11.1 Å². The first-order valence-electron chi connectivity index (χ1n) is 8.21. The standard InChI is InChI=1S/2C7H8O3S.C4H6N4/c2*1-6-2-4-7(5-3-6)11(8,9)10;5-3-1-2-7-4(6)8-3/h2*2-5H,1H3,(H,8,9,10);1-2H,(H4,5,6,7,8). The summed E-state index contributed by atoms with van der Waals surface area (Å²) in [7, 11) is -8.04. The van der Waals surface area contributed by atoms with Crippen LogP contribution in [-0.2, 0) is 20.2 Å². The van der Waals surface area contributed by atoms with E-state index in [-0.39, 0.29) is 15.7 Å². The number of hydrogen-bond acceptors (Lipinski definition) is 8. The molecule has 0 aliphatic heterocycles. The third kappa shape index (κ3) is 9.43. The minimum absolute atomic E-state index is 0.0666. The monoisotopic (exact) mass is 454 g/mol. The van der Waals surface area contributed by atoms with Gasteiger partial charge in [-0.05, 0) is 44.2 Å². The summed E-state index contributed by atoms with van der Waals surface area (Å²) in [6.07, 6.45) is 1.51. The summed E-state index contributed by atoms with van der Waals surface area (Å²) in [4.78, 5) is 7.11. The molecule has 0 spiro atoms. The normalized spacial score (nSPS) is 10.8. The van der Waals surface area contributed by atoms with Crippen molar-refractivity contribution in [1.29, 1.82) is 0 Å². The molecule has 2 aromatic carbocycles. The summed E-state index contributed by atoms with van der Waals surface area (Å²) in [5.74, 6) is 0.613. The van der Waals surface area contributed by atoms with Gasteiger partial charge < -0.3 is 11.5 Å². The van der Waals surface area contributed by atoms with Crippen molar-refractivity contribution in [2.45, 2.75) is 23.6 Å². The fraction of sp³-hybridized carbons (Fsp3) is 0.111. The molecule has 0 aliphatic rings. The molecule has 0 saturated heterocycles. The molecule has 3 aromatic rings. The molecule has 12 heteroatoms. The fourth-order valence-electron chi connectivity index (χ4n) is 1.81. The van der Waals surface area contributed by atoms with Crippen LogP contribution in [0.25, 0.3) is 0 Å². The molecule has 30 heavy (non-hydrogen) atoms. The van der Waals surface area contributed by atoms with E-state index in [2.05, 4.69) is 9.97 Å². The van der Waals surface area contributed by atoms with Gasteiger partial charge in [0.15, 0.2) is 0 Å². The highest BCUT2D eigenvalue weighted by atomic mass is 32.2. The summed E-state index contributed by atoms with van der Waals surface area (Å²) < 4.78 is 59.1. The lowest BCUT2D eigenvalue weighted by atomic mass is 10.2. The van der Waals surface area contributed by atoms with Crippen LogP contribution in [0.1, 0.15) is 11.1 Å². The summed E-state index contributed by atoms with van der Waals surface area (Å²) in [5.41, 5.74) is 12.3. The van der Waals surface area contributed by atoms with Crippen molar-refractivity contribution in [3.05, 3.63) is 71.9 Å². The molecular weight excluding hydrogens is 432 g/mol. The van der Waals surface area contributed by atoms with Gasteiger partial charge >= 0.3 is 0 Å². The SMILES string of the molecule is Cc1ccc(S(=O)(=O)O)cc1.Cc1ccc(S(=O)(=O)O)cc1.Nc1ccnc(N)n1. The molecule has 3 rings (SSSR count). The predicted octanol–water partition coefficient (Wildman–Crippen LogP) is 2.12. The first-order chi connectivity index (χ1) is 13.8. The number of nitrogen functional groups attached to an aromatic ring is 2. The Balaban J connectivity index is 0.000000228. The molecule has 162 valence electrons. The molecule has 6 N–H and O–H groups in total. The number of benzene rings is 2. The topological polar surface area (TPSA) is 187 Å². The Kier molecular flexibility index (Phi) is 8.86. The zero-order valence-corrected chi connectivity index (χ0v) is 17.8. The Morgan fingerprint density at radius 1 is 0.700 bits per heavy atom. The van der Waals surface area contributed by atoms with Gasteiger partial charge in [-0.1, -0.05) is 35.4 Å². The minimum Gasteiger partial charge on any atom is -0.384 e. The maximum absolute atomic E-state index is 10.5. The number of nitrogens with zero attached hydrogens (tertiary/aromatic N) is 2. The molecule has 1 heterocycles. The van der Waals surface area contributed by atoms with Crippen LogP contribution in [0, 0.1) is 13.8 Å². The third-order valence-electron chi connectivity index (χ3n) is 3.33. The second-order valence-corrected chi connectivity index (χ2v) is 8.76. The van der Waals surface area contributed by atoms with Crippen LogP contribution in [0.15, 0.2) is 70.6 Å².